The van der Waals surface area contributed by atoms with Gasteiger partial charge in [-0.2, -0.15) is 0 Å². The van der Waals surface area contributed by atoms with Crippen LogP contribution in [0.1, 0.15) is 25.0 Å². The van der Waals surface area contributed by atoms with Crippen LogP contribution in [0.25, 0.3) is 0 Å². The van der Waals surface area contributed by atoms with E-state index < -0.39 is 6.10 Å². The molecule has 2 atom stereocenters. The summed E-state index contributed by atoms with van der Waals surface area (Å²) in [4.78, 5) is 0. The summed E-state index contributed by atoms with van der Waals surface area (Å²) in [6.07, 6.45) is 0.00805. The van der Waals surface area contributed by atoms with Gasteiger partial charge in [-0.25, -0.2) is 0 Å². The molecule has 1 aromatic carbocycles. The van der Waals surface area contributed by atoms with Crippen LogP contribution in [0, 0.1) is 0 Å². The molecular formula is C10H15NO2. The highest BCUT2D eigenvalue weighted by atomic mass is 16.3. The second-order valence-corrected chi connectivity index (χ2v) is 3.11. The lowest BCUT2D eigenvalue weighted by molar-refractivity contribution is 0.144. The summed E-state index contributed by atoms with van der Waals surface area (Å²) in [5.74, 6) is 0.153. The van der Waals surface area contributed by atoms with Crippen molar-refractivity contribution in [3.63, 3.8) is 0 Å². The summed E-state index contributed by atoms with van der Waals surface area (Å²) < 4.78 is 0. The fourth-order valence-electron chi connectivity index (χ4n) is 1.18. The zero-order chi connectivity index (χ0) is 9.84. The summed E-state index contributed by atoms with van der Waals surface area (Å²) in [6, 6.07) is 6.26. The zero-order valence-corrected chi connectivity index (χ0v) is 7.64. The van der Waals surface area contributed by atoms with Crippen LogP contribution in [-0.4, -0.2) is 16.3 Å². The summed E-state index contributed by atoms with van der Waals surface area (Å²) in [7, 11) is 0. The number of benzene rings is 1. The van der Waals surface area contributed by atoms with Gasteiger partial charge in [0.25, 0.3) is 0 Å². The van der Waals surface area contributed by atoms with Gasteiger partial charge in [0.1, 0.15) is 5.75 Å². The standard InChI is InChI=1S/C10H15NO2/c1-2-9(11)10(13)7-4-3-5-8(12)6-7/h3-6,9-10,12-13H,2,11H2,1H3/t9-,10+/m0/s1. The molecule has 0 aliphatic heterocycles. The normalized spacial score (nSPS) is 15.3. The smallest absolute Gasteiger partial charge is 0.115 e. The van der Waals surface area contributed by atoms with Crippen LogP contribution in [0.2, 0.25) is 0 Å². The van der Waals surface area contributed by atoms with Crippen molar-refractivity contribution in [2.45, 2.75) is 25.5 Å². The minimum atomic E-state index is -0.697. The molecule has 0 fully saturated rings. The van der Waals surface area contributed by atoms with Crippen LogP contribution in [0.4, 0.5) is 0 Å². The van der Waals surface area contributed by atoms with E-state index in [1.54, 1.807) is 18.2 Å². The first-order valence-corrected chi connectivity index (χ1v) is 4.37. The number of aromatic hydroxyl groups is 1. The predicted molar refractivity (Wildman–Crippen MR) is 51.3 cm³/mol. The Morgan fingerprint density at radius 3 is 2.69 bits per heavy atom. The van der Waals surface area contributed by atoms with Crippen molar-refractivity contribution < 1.29 is 10.2 Å². The van der Waals surface area contributed by atoms with Crippen LogP contribution >= 0.6 is 0 Å². The molecule has 3 nitrogen and oxygen atoms in total. The number of hydrogen-bond acceptors (Lipinski definition) is 3. The quantitative estimate of drug-likeness (QED) is 0.655. The van der Waals surface area contributed by atoms with Crippen LogP contribution in [0.5, 0.6) is 5.75 Å². The lowest BCUT2D eigenvalue weighted by Crippen LogP contribution is -2.27. The van der Waals surface area contributed by atoms with E-state index in [2.05, 4.69) is 0 Å². The average molecular weight is 181 g/mol. The van der Waals surface area contributed by atoms with Crippen LogP contribution in [0.15, 0.2) is 24.3 Å². The molecule has 0 aliphatic carbocycles. The zero-order valence-electron chi connectivity index (χ0n) is 7.64. The van der Waals surface area contributed by atoms with Crippen molar-refractivity contribution in [3.8, 4) is 5.75 Å². The maximum Gasteiger partial charge on any atom is 0.115 e. The second-order valence-electron chi connectivity index (χ2n) is 3.11. The number of phenols is 1. The number of rotatable bonds is 3. The summed E-state index contributed by atoms with van der Waals surface area (Å²) in [6.45, 7) is 1.91. The molecule has 0 bridgehead atoms. The number of aliphatic hydroxyl groups is 1. The molecule has 0 amide bonds. The van der Waals surface area contributed by atoms with E-state index in [0.29, 0.717) is 12.0 Å². The minimum Gasteiger partial charge on any atom is -0.508 e. The fourth-order valence-corrected chi connectivity index (χ4v) is 1.18. The first kappa shape index (κ1) is 10.0. The van der Waals surface area contributed by atoms with E-state index in [-0.39, 0.29) is 11.8 Å². The van der Waals surface area contributed by atoms with E-state index in [9.17, 15) is 5.11 Å². The van der Waals surface area contributed by atoms with Gasteiger partial charge in [0.15, 0.2) is 0 Å². The van der Waals surface area contributed by atoms with Crippen molar-refractivity contribution in [2.24, 2.45) is 5.73 Å². The Bertz CT molecular complexity index is 275. The van der Waals surface area contributed by atoms with E-state index in [4.69, 9.17) is 10.8 Å². The third-order valence-electron chi connectivity index (χ3n) is 2.09. The molecule has 4 N–H and O–H groups in total. The average Bonchev–Trinajstić information content (AvgIpc) is 2.15. The van der Waals surface area contributed by atoms with Crippen molar-refractivity contribution in [2.75, 3.05) is 0 Å². The Kier molecular flexibility index (Phi) is 3.28. The molecule has 0 aromatic heterocycles. The van der Waals surface area contributed by atoms with Gasteiger partial charge in [-0.1, -0.05) is 19.1 Å². The molecule has 3 heteroatoms. The molecule has 0 spiro atoms. The Hall–Kier alpha value is -1.06. The lowest BCUT2D eigenvalue weighted by Gasteiger charge is -2.17. The third kappa shape index (κ3) is 2.44. The van der Waals surface area contributed by atoms with Gasteiger partial charge in [-0.15, -0.1) is 0 Å². The predicted octanol–water partition coefficient (Wildman–Crippen LogP) is 1.16. The summed E-state index contributed by atoms with van der Waals surface area (Å²) >= 11 is 0. The van der Waals surface area contributed by atoms with E-state index in [1.807, 2.05) is 6.92 Å². The Labute approximate surface area is 77.8 Å². The molecule has 1 rings (SSSR count). The van der Waals surface area contributed by atoms with Crippen LogP contribution in [0.3, 0.4) is 0 Å². The lowest BCUT2D eigenvalue weighted by atomic mass is 10.0. The Balaban J connectivity index is 2.82. The largest absolute Gasteiger partial charge is 0.508 e. The van der Waals surface area contributed by atoms with Crippen LogP contribution in [-0.2, 0) is 0 Å². The molecule has 0 radical (unpaired) electrons. The molecule has 1 aromatic rings. The van der Waals surface area contributed by atoms with Crippen molar-refractivity contribution >= 4 is 0 Å². The van der Waals surface area contributed by atoms with Crippen molar-refractivity contribution in [1.82, 2.24) is 0 Å². The SMILES string of the molecule is CC[C@H](N)[C@H](O)c1cccc(O)c1. The Morgan fingerprint density at radius 2 is 2.15 bits per heavy atom. The highest BCUT2D eigenvalue weighted by molar-refractivity contribution is 5.29. The summed E-state index contributed by atoms with van der Waals surface area (Å²) in [5.41, 5.74) is 6.33. The van der Waals surface area contributed by atoms with Gasteiger partial charge in [0.2, 0.25) is 0 Å². The molecule has 0 heterocycles. The molecule has 0 aliphatic rings. The number of aliphatic hydroxyl groups excluding tert-OH is 1. The van der Waals surface area contributed by atoms with Gasteiger partial charge in [0.05, 0.1) is 6.10 Å². The first-order chi connectivity index (χ1) is 6.15. The number of hydrogen-bond donors (Lipinski definition) is 3. The van der Waals surface area contributed by atoms with Crippen molar-refractivity contribution in [3.05, 3.63) is 29.8 Å². The van der Waals surface area contributed by atoms with E-state index >= 15 is 0 Å². The third-order valence-corrected chi connectivity index (χ3v) is 2.09. The monoisotopic (exact) mass is 181 g/mol. The minimum absolute atomic E-state index is 0.153. The topological polar surface area (TPSA) is 66.5 Å². The highest BCUT2D eigenvalue weighted by Crippen LogP contribution is 2.20. The number of phenolic OH excluding ortho intramolecular Hbond substituents is 1. The second kappa shape index (κ2) is 4.25. The van der Waals surface area contributed by atoms with Gasteiger partial charge in [-0.3, -0.25) is 0 Å². The fraction of sp³-hybridized carbons (Fsp3) is 0.400. The first-order valence-electron chi connectivity index (χ1n) is 4.37. The number of nitrogens with two attached hydrogens (primary N) is 1. The Morgan fingerprint density at radius 1 is 1.46 bits per heavy atom. The molecule has 13 heavy (non-hydrogen) atoms. The molecular weight excluding hydrogens is 166 g/mol. The van der Waals surface area contributed by atoms with E-state index in [1.165, 1.54) is 6.07 Å². The molecule has 0 saturated heterocycles. The maximum absolute atomic E-state index is 9.68. The van der Waals surface area contributed by atoms with Crippen molar-refractivity contribution in [1.29, 1.82) is 0 Å². The van der Waals surface area contributed by atoms with Gasteiger partial charge in [0, 0.05) is 6.04 Å². The van der Waals surface area contributed by atoms with Gasteiger partial charge >= 0.3 is 0 Å². The van der Waals surface area contributed by atoms with E-state index in [0.717, 1.165) is 0 Å². The summed E-state index contributed by atoms with van der Waals surface area (Å²) in [5, 5.41) is 18.8. The van der Waals surface area contributed by atoms with Crippen LogP contribution < -0.4 is 5.73 Å². The van der Waals surface area contributed by atoms with Gasteiger partial charge < -0.3 is 15.9 Å². The molecule has 0 saturated carbocycles. The molecule has 0 unspecified atom stereocenters. The highest BCUT2D eigenvalue weighted by Gasteiger charge is 2.14. The molecule has 72 valence electrons. The maximum atomic E-state index is 9.68. The van der Waals surface area contributed by atoms with Gasteiger partial charge in [-0.05, 0) is 24.1 Å².